The molecule has 1 aromatic rings. The summed E-state index contributed by atoms with van der Waals surface area (Å²) in [4.78, 5) is 30.2. The first-order chi connectivity index (χ1) is 19.1. The van der Waals surface area contributed by atoms with Gasteiger partial charge < -0.3 is 14.5 Å². The molecule has 2 amide bonds. The van der Waals surface area contributed by atoms with Gasteiger partial charge >= 0.3 is 0 Å². The van der Waals surface area contributed by atoms with Crippen molar-refractivity contribution in [1.82, 2.24) is 19.6 Å². The van der Waals surface area contributed by atoms with Crippen molar-refractivity contribution < 1.29 is 14.3 Å². The van der Waals surface area contributed by atoms with Crippen LogP contribution < -0.4 is 0 Å². The van der Waals surface area contributed by atoms with E-state index in [1.54, 1.807) is 17.1 Å². The van der Waals surface area contributed by atoms with Gasteiger partial charge in [-0.2, -0.15) is 5.10 Å². The number of aryl methyl sites for hydroxylation is 1. The zero-order valence-electron chi connectivity index (χ0n) is 25.4. The molecule has 7 heteroatoms. The molecule has 7 nitrogen and oxygen atoms in total. The Bertz CT molecular complexity index is 1170. The molecule has 5 saturated carbocycles. The molecule has 1 saturated heterocycles. The zero-order chi connectivity index (χ0) is 28.0. The number of hydrogen-bond acceptors (Lipinski definition) is 4. The maximum atomic E-state index is 13.5. The lowest BCUT2D eigenvalue weighted by Crippen LogP contribution is -2.57. The molecule has 6 aliphatic rings. The number of carbonyl (C=O) groups excluding carboxylic acids is 2. The van der Waals surface area contributed by atoms with E-state index >= 15 is 0 Å². The monoisotopic (exact) mass is 550 g/mol. The van der Waals surface area contributed by atoms with Crippen molar-refractivity contribution in [2.45, 2.75) is 84.7 Å². The topological polar surface area (TPSA) is 67.7 Å². The van der Waals surface area contributed by atoms with Gasteiger partial charge in [-0.05, 0) is 97.7 Å². The van der Waals surface area contributed by atoms with E-state index in [-0.39, 0.29) is 11.8 Å². The molecule has 0 bridgehead atoms. The lowest BCUT2D eigenvalue weighted by Gasteiger charge is -2.61. The van der Waals surface area contributed by atoms with Crippen molar-refractivity contribution in [2.75, 3.05) is 33.3 Å². The van der Waals surface area contributed by atoms with Gasteiger partial charge in [-0.1, -0.05) is 20.8 Å². The third-order valence-electron chi connectivity index (χ3n) is 14.0. The van der Waals surface area contributed by atoms with Crippen LogP contribution in [-0.4, -0.2) is 70.8 Å². The summed E-state index contributed by atoms with van der Waals surface area (Å²) < 4.78 is 7.97. The van der Waals surface area contributed by atoms with Crippen molar-refractivity contribution in [2.24, 2.45) is 58.8 Å². The number of fused-ring (bicyclic) bond motifs is 4. The van der Waals surface area contributed by atoms with Gasteiger partial charge in [-0.15, -0.1) is 0 Å². The largest absolute Gasteiger partial charge is 0.381 e. The molecule has 2 heterocycles. The Labute approximate surface area is 240 Å². The molecular weight excluding hydrogens is 500 g/mol. The van der Waals surface area contributed by atoms with Crippen LogP contribution in [0.25, 0.3) is 0 Å². The Morgan fingerprint density at radius 2 is 1.80 bits per heavy atom. The quantitative estimate of drug-likeness (QED) is 0.517. The van der Waals surface area contributed by atoms with Crippen LogP contribution in [0.1, 0.15) is 88.9 Å². The normalized spacial score (nSPS) is 44.4. The molecule has 10 atom stereocenters. The van der Waals surface area contributed by atoms with Gasteiger partial charge in [-0.3, -0.25) is 14.3 Å². The minimum absolute atomic E-state index is 0.0158. The summed E-state index contributed by atoms with van der Waals surface area (Å²) in [5, 5.41) is 4.13. The predicted octanol–water partition coefficient (Wildman–Crippen LogP) is 5.01. The van der Waals surface area contributed by atoms with Crippen LogP contribution in [0.4, 0.5) is 0 Å². The molecule has 40 heavy (non-hydrogen) atoms. The fourth-order valence-electron chi connectivity index (χ4n) is 12.0. The van der Waals surface area contributed by atoms with Crippen molar-refractivity contribution >= 4 is 11.8 Å². The van der Waals surface area contributed by atoms with Crippen molar-refractivity contribution in [3.8, 4) is 0 Å². The molecule has 1 spiro atoms. The van der Waals surface area contributed by atoms with Crippen molar-refractivity contribution in [3.05, 3.63) is 18.0 Å². The Hall–Kier alpha value is -1.89. The molecule has 0 aromatic carbocycles. The zero-order valence-corrected chi connectivity index (χ0v) is 25.4. The molecule has 5 aliphatic carbocycles. The Kier molecular flexibility index (Phi) is 6.28. The SMILES string of the molecule is CO[C@@H]1C[C@H]2[C@@H]3CC[C@H]([C@H](C)CC(=O)N4CCN(C(=O)c5cnn(C)c5)CC4)[C@@]3(C)CC[C@@H]2[C@@]2(C)CC[C@@H]3C[C@@]312. The second-order valence-electron chi connectivity index (χ2n) is 15.2. The summed E-state index contributed by atoms with van der Waals surface area (Å²) in [5.41, 5.74) is 1.93. The van der Waals surface area contributed by atoms with E-state index < -0.39 is 0 Å². The molecule has 0 unspecified atom stereocenters. The minimum Gasteiger partial charge on any atom is -0.381 e. The van der Waals surface area contributed by atoms with Crippen LogP contribution in [0, 0.1) is 51.8 Å². The van der Waals surface area contributed by atoms with Gasteiger partial charge in [-0.25, -0.2) is 0 Å². The third-order valence-corrected chi connectivity index (χ3v) is 14.0. The van der Waals surface area contributed by atoms with E-state index in [2.05, 4.69) is 25.9 Å². The summed E-state index contributed by atoms with van der Waals surface area (Å²) in [6, 6.07) is 0. The second kappa shape index (κ2) is 9.31. The van der Waals surface area contributed by atoms with E-state index in [1.807, 2.05) is 24.0 Å². The Morgan fingerprint density at radius 1 is 1.05 bits per heavy atom. The molecule has 6 fully saturated rings. The number of carbonyl (C=O) groups is 2. The van der Waals surface area contributed by atoms with Crippen LogP contribution in [0.2, 0.25) is 0 Å². The number of nitrogens with zero attached hydrogens (tertiary/aromatic N) is 4. The summed E-state index contributed by atoms with van der Waals surface area (Å²) in [6.07, 6.45) is 15.3. The predicted molar refractivity (Wildman–Crippen MR) is 153 cm³/mol. The van der Waals surface area contributed by atoms with Crippen molar-refractivity contribution in [1.29, 1.82) is 0 Å². The average molecular weight is 551 g/mol. The highest BCUT2D eigenvalue weighted by Gasteiger charge is 2.77. The van der Waals surface area contributed by atoms with Crippen molar-refractivity contribution in [3.63, 3.8) is 0 Å². The Morgan fingerprint density at radius 3 is 2.48 bits per heavy atom. The average Bonchev–Trinajstić information content (AvgIpc) is 3.17. The first-order valence-corrected chi connectivity index (χ1v) is 16.2. The van der Waals surface area contributed by atoms with E-state index in [1.165, 1.54) is 51.4 Å². The highest BCUT2D eigenvalue weighted by molar-refractivity contribution is 5.94. The number of methoxy groups -OCH3 is 1. The lowest BCUT2D eigenvalue weighted by atomic mass is 9.45. The fraction of sp³-hybridized carbons (Fsp3) is 0.848. The molecule has 220 valence electrons. The number of amides is 2. The summed E-state index contributed by atoms with van der Waals surface area (Å²) >= 11 is 0. The number of rotatable bonds is 5. The fourth-order valence-corrected chi connectivity index (χ4v) is 12.0. The number of ether oxygens (including phenoxy) is 1. The smallest absolute Gasteiger partial charge is 0.257 e. The first kappa shape index (κ1) is 27.0. The van der Waals surface area contributed by atoms with E-state index in [9.17, 15) is 9.59 Å². The number of hydrogen-bond donors (Lipinski definition) is 0. The van der Waals surface area contributed by atoms with Gasteiger partial charge in [0.1, 0.15) is 0 Å². The maximum absolute atomic E-state index is 13.5. The molecule has 1 aliphatic heterocycles. The van der Waals surface area contributed by atoms with Gasteiger partial charge in [0, 0.05) is 58.4 Å². The molecular formula is C33H50N4O3. The van der Waals surface area contributed by atoms with E-state index in [0.717, 1.165) is 23.7 Å². The molecule has 0 N–H and O–H groups in total. The van der Waals surface area contributed by atoms with Gasteiger partial charge in [0.15, 0.2) is 0 Å². The Balaban J connectivity index is 0.988. The highest BCUT2D eigenvalue weighted by atomic mass is 16.5. The third kappa shape index (κ3) is 3.67. The van der Waals surface area contributed by atoms with Crippen LogP contribution in [0.15, 0.2) is 12.4 Å². The molecule has 0 radical (unpaired) electrons. The van der Waals surface area contributed by atoms with Crippen LogP contribution in [0.3, 0.4) is 0 Å². The first-order valence-electron chi connectivity index (χ1n) is 16.2. The molecule has 7 rings (SSSR count). The van der Waals surface area contributed by atoms with Crippen LogP contribution >= 0.6 is 0 Å². The number of aromatic nitrogens is 2. The van der Waals surface area contributed by atoms with Crippen LogP contribution in [-0.2, 0) is 16.6 Å². The maximum Gasteiger partial charge on any atom is 0.257 e. The van der Waals surface area contributed by atoms with Gasteiger partial charge in [0.05, 0.1) is 17.9 Å². The highest BCUT2D eigenvalue weighted by Crippen LogP contribution is 2.82. The van der Waals surface area contributed by atoms with E-state index in [4.69, 9.17) is 4.74 Å². The lowest BCUT2D eigenvalue weighted by molar-refractivity contribution is -0.161. The van der Waals surface area contributed by atoms with Crippen LogP contribution in [0.5, 0.6) is 0 Å². The second-order valence-corrected chi connectivity index (χ2v) is 15.2. The summed E-state index contributed by atoms with van der Waals surface area (Å²) in [6.45, 7) is 10.1. The number of piperazine rings is 1. The van der Waals surface area contributed by atoms with Gasteiger partial charge in [0.2, 0.25) is 5.91 Å². The van der Waals surface area contributed by atoms with E-state index in [0.29, 0.717) is 72.3 Å². The summed E-state index contributed by atoms with van der Waals surface area (Å²) in [7, 11) is 3.81. The molecule has 1 aromatic heterocycles. The van der Waals surface area contributed by atoms with Gasteiger partial charge in [0.25, 0.3) is 5.91 Å². The summed E-state index contributed by atoms with van der Waals surface area (Å²) in [5.74, 6) is 4.67. The standard InChI is InChI=1S/C33H50N4O3/c1-21(16-29(38)36-12-14-37(15-13-36)30(39)22-19-34-35(4)20-22)25-6-7-26-24-17-28(40-5)33-18-23(33)8-11-32(33,3)27(24)9-10-31(25,26)2/h19-21,23-28H,6-18H2,1-5H3/t21-,23-,24+,25-,26+,27+,28-,31-,32-,33-/m1/s1. The minimum atomic E-state index is 0.0158.